The Morgan fingerprint density at radius 3 is 3.05 bits per heavy atom. The Morgan fingerprint density at radius 2 is 2.47 bits per heavy atom. The monoisotopic (exact) mass is 266 g/mol. The van der Waals surface area contributed by atoms with Crippen molar-refractivity contribution < 1.29 is 14.3 Å². The highest BCUT2D eigenvalue weighted by Gasteiger charge is 2.24. The molecule has 0 radical (unpaired) electrons. The summed E-state index contributed by atoms with van der Waals surface area (Å²) in [5, 5.41) is 2.92. The maximum absolute atomic E-state index is 11.9. The number of cyclic esters (lactones) is 1. The predicted octanol–water partition coefficient (Wildman–Crippen LogP) is 0.230. The van der Waals surface area contributed by atoms with Gasteiger partial charge >= 0.3 is 6.09 Å². The van der Waals surface area contributed by atoms with Crippen LogP contribution in [0.4, 0.5) is 4.79 Å². The van der Waals surface area contributed by atoms with Gasteiger partial charge in [0.15, 0.2) is 0 Å². The number of rotatable bonds is 6. The summed E-state index contributed by atoms with van der Waals surface area (Å²) in [5.41, 5.74) is 0. The number of hydrogen-bond acceptors (Lipinski definition) is 4. The van der Waals surface area contributed by atoms with Gasteiger partial charge in [-0.25, -0.2) is 9.78 Å². The number of ether oxygens (including phenoxy) is 1. The van der Waals surface area contributed by atoms with E-state index in [0.717, 1.165) is 6.42 Å². The third kappa shape index (κ3) is 3.70. The van der Waals surface area contributed by atoms with E-state index in [1.165, 1.54) is 4.90 Å². The van der Waals surface area contributed by atoms with Crippen LogP contribution in [0, 0.1) is 0 Å². The van der Waals surface area contributed by atoms with Gasteiger partial charge in [-0.05, 0) is 6.42 Å². The molecule has 0 spiro atoms. The molecule has 1 fully saturated rings. The highest BCUT2D eigenvalue weighted by Crippen LogP contribution is 2.03. The number of nitrogens with one attached hydrogen (secondary N) is 1. The maximum Gasteiger partial charge on any atom is 0.410 e. The van der Waals surface area contributed by atoms with Crippen LogP contribution in [0.5, 0.6) is 0 Å². The van der Waals surface area contributed by atoms with E-state index in [0.29, 0.717) is 19.7 Å². The molecule has 1 N–H and O–H groups in total. The number of hydrogen-bond donors (Lipinski definition) is 1. The summed E-state index contributed by atoms with van der Waals surface area (Å²) in [5.74, 6) is -0.161. The number of amides is 2. The van der Waals surface area contributed by atoms with Gasteiger partial charge in [-0.2, -0.15) is 0 Å². The zero-order valence-corrected chi connectivity index (χ0v) is 10.9. The highest BCUT2D eigenvalue weighted by molar-refractivity contribution is 5.82. The molecule has 7 heteroatoms. The molecule has 2 heterocycles. The first kappa shape index (κ1) is 13.4. The van der Waals surface area contributed by atoms with E-state index < -0.39 is 6.09 Å². The number of nitrogens with zero attached hydrogens (tertiary/aromatic N) is 3. The molecule has 0 unspecified atom stereocenters. The van der Waals surface area contributed by atoms with Crippen LogP contribution in [0.2, 0.25) is 0 Å². The van der Waals surface area contributed by atoms with Crippen LogP contribution in [-0.2, 0) is 16.1 Å². The molecular formula is C12H18N4O3. The van der Waals surface area contributed by atoms with Crippen molar-refractivity contribution in [1.82, 2.24) is 19.8 Å². The van der Waals surface area contributed by atoms with E-state index in [1.807, 2.05) is 17.7 Å². The summed E-state index contributed by atoms with van der Waals surface area (Å²) in [6, 6.07) is 0.0281. The predicted molar refractivity (Wildman–Crippen MR) is 67.4 cm³/mol. The molecule has 1 saturated heterocycles. The molecule has 2 amide bonds. The minimum atomic E-state index is -0.419. The van der Waals surface area contributed by atoms with E-state index in [2.05, 4.69) is 10.3 Å². The average molecular weight is 266 g/mol. The van der Waals surface area contributed by atoms with Gasteiger partial charge in [0.2, 0.25) is 5.91 Å². The molecule has 0 bridgehead atoms. The van der Waals surface area contributed by atoms with Crippen LogP contribution in [0.25, 0.3) is 0 Å². The Labute approximate surface area is 111 Å². The third-order valence-corrected chi connectivity index (χ3v) is 3.03. The lowest BCUT2D eigenvalue weighted by atomic mass is 10.2. The third-order valence-electron chi connectivity index (χ3n) is 3.03. The minimum absolute atomic E-state index is 0.0281. The smallest absolute Gasteiger partial charge is 0.410 e. The van der Waals surface area contributed by atoms with Crippen LogP contribution >= 0.6 is 0 Å². The standard InChI is InChI=1S/C12H18N4O3/c1-2-10(7-15-4-3-13-9-15)14-11(17)8-16-5-6-19-12(16)18/h3-4,9-10H,2,5-8H2,1H3,(H,14,17)/t10-/m0/s1. The molecule has 1 aromatic rings. The molecular weight excluding hydrogens is 248 g/mol. The van der Waals surface area contributed by atoms with Crippen molar-refractivity contribution in [1.29, 1.82) is 0 Å². The Hall–Kier alpha value is -2.05. The van der Waals surface area contributed by atoms with Crippen LogP contribution in [-0.4, -0.2) is 52.2 Å². The molecule has 104 valence electrons. The molecule has 19 heavy (non-hydrogen) atoms. The lowest BCUT2D eigenvalue weighted by Crippen LogP contribution is -2.43. The van der Waals surface area contributed by atoms with E-state index in [4.69, 9.17) is 4.74 Å². The Bertz CT molecular complexity index is 432. The molecule has 0 aromatic carbocycles. The first-order valence-electron chi connectivity index (χ1n) is 6.36. The lowest BCUT2D eigenvalue weighted by molar-refractivity contribution is -0.122. The molecule has 0 saturated carbocycles. The van der Waals surface area contributed by atoms with Crippen molar-refractivity contribution in [3.05, 3.63) is 18.7 Å². The molecule has 1 aromatic heterocycles. The van der Waals surface area contributed by atoms with E-state index in [1.54, 1.807) is 12.5 Å². The largest absolute Gasteiger partial charge is 0.448 e. The Morgan fingerprint density at radius 1 is 1.63 bits per heavy atom. The molecule has 1 aliphatic heterocycles. The summed E-state index contributed by atoms with van der Waals surface area (Å²) in [7, 11) is 0. The van der Waals surface area contributed by atoms with Crippen molar-refractivity contribution in [2.24, 2.45) is 0 Å². The fourth-order valence-corrected chi connectivity index (χ4v) is 1.94. The van der Waals surface area contributed by atoms with Crippen molar-refractivity contribution in [3.8, 4) is 0 Å². The number of imidazole rings is 1. The van der Waals surface area contributed by atoms with Gasteiger partial charge in [0, 0.05) is 25.0 Å². The summed E-state index contributed by atoms with van der Waals surface area (Å²) in [6.45, 7) is 3.57. The topological polar surface area (TPSA) is 76.5 Å². The average Bonchev–Trinajstić information content (AvgIpc) is 3.01. The van der Waals surface area contributed by atoms with Gasteiger partial charge in [0.25, 0.3) is 0 Å². The van der Waals surface area contributed by atoms with E-state index in [-0.39, 0.29) is 18.5 Å². The fraction of sp³-hybridized carbons (Fsp3) is 0.583. The van der Waals surface area contributed by atoms with Crippen LogP contribution < -0.4 is 5.32 Å². The second-order valence-electron chi connectivity index (χ2n) is 4.47. The minimum Gasteiger partial charge on any atom is -0.448 e. The number of aromatic nitrogens is 2. The fourth-order valence-electron chi connectivity index (χ4n) is 1.94. The number of carbonyl (C=O) groups is 2. The zero-order chi connectivity index (χ0) is 13.7. The van der Waals surface area contributed by atoms with Crippen LogP contribution in [0.15, 0.2) is 18.7 Å². The highest BCUT2D eigenvalue weighted by atomic mass is 16.6. The van der Waals surface area contributed by atoms with Crippen molar-refractivity contribution in [2.45, 2.75) is 25.9 Å². The van der Waals surface area contributed by atoms with E-state index >= 15 is 0 Å². The molecule has 7 nitrogen and oxygen atoms in total. The normalized spacial score (nSPS) is 16.3. The van der Waals surface area contributed by atoms with Crippen LogP contribution in [0.1, 0.15) is 13.3 Å². The van der Waals surface area contributed by atoms with Crippen molar-refractivity contribution in [2.75, 3.05) is 19.7 Å². The Kier molecular flexibility index (Phi) is 4.38. The lowest BCUT2D eigenvalue weighted by Gasteiger charge is -2.19. The molecule has 2 rings (SSSR count). The van der Waals surface area contributed by atoms with Gasteiger partial charge in [-0.1, -0.05) is 6.92 Å². The number of carbonyl (C=O) groups excluding carboxylic acids is 2. The molecule has 1 atom stereocenters. The summed E-state index contributed by atoms with van der Waals surface area (Å²) in [6.07, 6.45) is 5.67. The Balaban J connectivity index is 1.80. The maximum atomic E-state index is 11.9. The zero-order valence-electron chi connectivity index (χ0n) is 10.9. The first-order valence-corrected chi connectivity index (χ1v) is 6.36. The summed E-state index contributed by atoms with van der Waals surface area (Å²) in [4.78, 5) is 28.5. The van der Waals surface area contributed by atoms with Gasteiger partial charge in [0.1, 0.15) is 13.2 Å². The SMILES string of the molecule is CC[C@@H](Cn1ccnc1)NC(=O)CN1CCOC1=O. The second-order valence-corrected chi connectivity index (χ2v) is 4.47. The molecule has 0 aliphatic carbocycles. The van der Waals surface area contributed by atoms with Gasteiger partial charge in [-0.3, -0.25) is 9.69 Å². The van der Waals surface area contributed by atoms with Crippen molar-refractivity contribution >= 4 is 12.0 Å². The quantitative estimate of drug-likeness (QED) is 0.799. The van der Waals surface area contributed by atoms with Crippen LogP contribution in [0.3, 0.4) is 0 Å². The molecule has 1 aliphatic rings. The summed E-state index contributed by atoms with van der Waals surface area (Å²) >= 11 is 0. The second kappa shape index (κ2) is 6.21. The van der Waals surface area contributed by atoms with Gasteiger partial charge in [0.05, 0.1) is 12.9 Å². The van der Waals surface area contributed by atoms with E-state index in [9.17, 15) is 9.59 Å². The first-order chi connectivity index (χ1) is 9.19. The van der Waals surface area contributed by atoms with Gasteiger partial charge < -0.3 is 14.6 Å². The summed E-state index contributed by atoms with van der Waals surface area (Å²) < 4.78 is 6.69. The van der Waals surface area contributed by atoms with Gasteiger partial charge in [-0.15, -0.1) is 0 Å². The van der Waals surface area contributed by atoms with Crippen molar-refractivity contribution in [3.63, 3.8) is 0 Å².